The first kappa shape index (κ1) is 20.2. The summed E-state index contributed by atoms with van der Waals surface area (Å²) in [6, 6.07) is 5.78. The maximum absolute atomic E-state index is 12.6. The van der Waals surface area contributed by atoms with Gasteiger partial charge in [-0.1, -0.05) is 58.1 Å². The van der Waals surface area contributed by atoms with Crippen molar-refractivity contribution >= 4 is 12.0 Å². The fraction of sp³-hybridized carbons (Fsp3) is 0.500. The number of hydrogen-bond acceptors (Lipinski definition) is 2. The molecule has 0 radical (unpaired) electrons. The quantitative estimate of drug-likeness (QED) is 0.456. The molecular formula is C18H28FNO2. The summed E-state index contributed by atoms with van der Waals surface area (Å²) in [7, 11) is 2.92. The number of amides is 1. The van der Waals surface area contributed by atoms with Crippen LogP contribution in [0.3, 0.4) is 0 Å². The molecule has 1 rings (SSSR count). The molecule has 0 aliphatic heterocycles. The molecule has 0 aliphatic rings. The van der Waals surface area contributed by atoms with E-state index in [4.69, 9.17) is 4.74 Å². The van der Waals surface area contributed by atoms with Crippen molar-refractivity contribution in [3.63, 3.8) is 0 Å². The van der Waals surface area contributed by atoms with Crippen molar-refractivity contribution in [2.45, 2.75) is 46.0 Å². The Labute approximate surface area is 133 Å². The molecule has 0 spiro atoms. The zero-order valence-corrected chi connectivity index (χ0v) is 14.1. The van der Waals surface area contributed by atoms with Gasteiger partial charge >= 0.3 is 0 Å². The molecule has 0 fully saturated rings. The van der Waals surface area contributed by atoms with Gasteiger partial charge in [-0.2, -0.15) is 0 Å². The second kappa shape index (κ2) is 12.9. The maximum atomic E-state index is 12.6. The average molecular weight is 309 g/mol. The lowest BCUT2D eigenvalue weighted by Crippen LogP contribution is -2.20. The van der Waals surface area contributed by atoms with E-state index in [9.17, 15) is 9.18 Å². The molecule has 1 N–H and O–H groups in total. The van der Waals surface area contributed by atoms with E-state index in [2.05, 4.69) is 19.2 Å². The van der Waals surface area contributed by atoms with Gasteiger partial charge in [0.25, 0.3) is 5.91 Å². The van der Waals surface area contributed by atoms with Crippen molar-refractivity contribution in [1.29, 1.82) is 0 Å². The molecule has 0 saturated heterocycles. The minimum absolute atomic E-state index is 0.184. The fourth-order valence-corrected chi connectivity index (χ4v) is 1.73. The highest BCUT2D eigenvalue weighted by molar-refractivity contribution is 5.95. The number of benzene rings is 1. The summed E-state index contributed by atoms with van der Waals surface area (Å²) in [5.74, 6) is -0.447. The Kier molecular flexibility index (Phi) is 11.8. The Balaban J connectivity index is 0.000000534. The van der Waals surface area contributed by atoms with Gasteiger partial charge in [-0.15, -0.1) is 0 Å². The summed E-state index contributed by atoms with van der Waals surface area (Å²) in [4.78, 5) is 11.2. The molecule has 1 aromatic rings. The third kappa shape index (κ3) is 9.16. The van der Waals surface area contributed by atoms with Crippen LogP contribution in [0.5, 0.6) is 0 Å². The van der Waals surface area contributed by atoms with Crippen LogP contribution in [0.15, 0.2) is 30.0 Å². The Morgan fingerprint density at radius 2 is 1.68 bits per heavy atom. The largest absolute Gasteiger partial charge is 0.491 e. The maximum Gasteiger partial charge on any atom is 0.286 e. The lowest BCUT2D eigenvalue weighted by molar-refractivity contribution is -0.119. The second-order valence-corrected chi connectivity index (χ2v) is 4.90. The van der Waals surface area contributed by atoms with Crippen LogP contribution in [0.4, 0.5) is 4.39 Å². The van der Waals surface area contributed by atoms with E-state index in [0.717, 1.165) is 0 Å². The van der Waals surface area contributed by atoms with Gasteiger partial charge in [0.1, 0.15) is 5.82 Å². The second-order valence-electron chi connectivity index (χ2n) is 4.90. The highest BCUT2D eigenvalue weighted by Crippen LogP contribution is 2.08. The van der Waals surface area contributed by atoms with E-state index >= 15 is 0 Å². The highest BCUT2D eigenvalue weighted by atomic mass is 19.1. The number of methoxy groups -OCH3 is 1. The van der Waals surface area contributed by atoms with E-state index < -0.39 is 0 Å². The van der Waals surface area contributed by atoms with Gasteiger partial charge in [-0.25, -0.2) is 4.39 Å². The topological polar surface area (TPSA) is 38.3 Å². The standard InChI is InChI=1S/C11H12FNO2.C7H16/c1-13-11(14)10(15-2)7-8-3-5-9(12)6-4-8;1-3-5-7-6-4-2/h3-7H,1-2H3,(H,13,14);3-7H2,1-2H3/b10-7-;. The third-order valence-corrected chi connectivity index (χ3v) is 3.05. The fourth-order valence-electron chi connectivity index (χ4n) is 1.73. The smallest absolute Gasteiger partial charge is 0.286 e. The molecule has 0 unspecified atom stereocenters. The van der Waals surface area contributed by atoms with Gasteiger partial charge in [0.05, 0.1) is 7.11 Å². The van der Waals surface area contributed by atoms with Crippen LogP contribution in [0.2, 0.25) is 0 Å². The molecule has 3 nitrogen and oxygen atoms in total. The monoisotopic (exact) mass is 309 g/mol. The summed E-state index contributed by atoms with van der Waals surface area (Å²) >= 11 is 0. The van der Waals surface area contributed by atoms with Crippen LogP contribution in [-0.2, 0) is 9.53 Å². The minimum Gasteiger partial charge on any atom is -0.491 e. The first-order valence-electron chi connectivity index (χ1n) is 7.82. The number of carbonyl (C=O) groups excluding carboxylic acids is 1. The van der Waals surface area contributed by atoms with E-state index in [0.29, 0.717) is 5.56 Å². The molecule has 0 heterocycles. The van der Waals surface area contributed by atoms with Crippen LogP contribution in [0, 0.1) is 5.82 Å². The van der Waals surface area contributed by atoms with E-state index in [1.54, 1.807) is 12.1 Å². The lowest BCUT2D eigenvalue weighted by Gasteiger charge is -2.03. The molecule has 0 bridgehead atoms. The molecule has 4 heteroatoms. The molecule has 0 aromatic heterocycles. The number of likely N-dealkylation sites (N-methyl/N-ethyl adjacent to an activating group) is 1. The summed E-state index contributed by atoms with van der Waals surface area (Å²) < 4.78 is 17.5. The lowest BCUT2D eigenvalue weighted by atomic mass is 10.2. The summed E-state index contributed by atoms with van der Waals surface area (Å²) in [5.41, 5.74) is 0.705. The van der Waals surface area contributed by atoms with Crippen molar-refractivity contribution in [2.75, 3.05) is 14.2 Å². The van der Waals surface area contributed by atoms with Crippen molar-refractivity contribution in [3.05, 3.63) is 41.4 Å². The van der Waals surface area contributed by atoms with Gasteiger partial charge < -0.3 is 10.1 Å². The Hall–Kier alpha value is -1.84. The van der Waals surface area contributed by atoms with Crippen LogP contribution in [0.25, 0.3) is 6.08 Å². The highest BCUT2D eigenvalue weighted by Gasteiger charge is 2.06. The molecule has 22 heavy (non-hydrogen) atoms. The van der Waals surface area contributed by atoms with Gasteiger partial charge in [0.15, 0.2) is 5.76 Å². The van der Waals surface area contributed by atoms with Gasteiger partial charge in [0, 0.05) is 7.05 Å². The van der Waals surface area contributed by atoms with Gasteiger partial charge in [0.2, 0.25) is 0 Å². The SMILES string of the molecule is CCCCCCC.CNC(=O)/C(=C/c1ccc(F)cc1)OC. The molecule has 0 aliphatic carbocycles. The number of carbonyl (C=O) groups is 1. The summed E-state index contributed by atoms with van der Waals surface area (Å²) in [6.45, 7) is 4.49. The Morgan fingerprint density at radius 1 is 1.14 bits per heavy atom. The first-order chi connectivity index (χ1) is 10.6. The Bertz CT molecular complexity index is 437. The van der Waals surface area contributed by atoms with Crippen LogP contribution in [0.1, 0.15) is 51.5 Å². The normalized spacial score (nSPS) is 10.5. The van der Waals surface area contributed by atoms with Crippen molar-refractivity contribution in [3.8, 4) is 0 Å². The number of rotatable bonds is 7. The summed E-state index contributed by atoms with van der Waals surface area (Å²) in [5, 5.41) is 2.44. The number of hydrogen-bond donors (Lipinski definition) is 1. The number of halogens is 1. The van der Waals surface area contributed by atoms with E-state index in [1.165, 1.54) is 64.5 Å². The number of unbranched alkanes of at least 4 members (excludes halogenated alkanes) is 4. The van der Waals surface area contributed by atoms with Crippen molar-refractivity contribution in [2.24, 2.45) is 0 Å². The predicted molar refractivity (Wildman–Crippen MR) is 89.9 cm³/mol. The van der Waals surface area contributed by atoms with Gasteiger partial charge in [-0.05, 0) is 23.8 Å². The van der Waals surface area contributed by atoms with Crippen molar-refractivity contribution < 1.29 is 13.9 Å². The predicted octanol–water partition coefficient (Wildman–Crippen LogP) is 4.54. The number of ether oxygens (including phenoxy) is 1. The minimum atomic E-state index is -0.318. The van der Waals surface area contributed by atoms with Crippen molar-refractivity contribution in [1.82, 2.24) is 5.32 Å². The molecular weight excluding hydrogens is 281 g/mol. The Morgan fingerprint density at radius 3 is 2.09 bits per heavy atom. The zero-order chi connectivity index (χ0) is 16.8. The van der Waals surface area contributed by atoms with Crippen LogP contribution < -0.4 is 5.32 Å². The number of nitrogens with one attached hydrogen (secondary N) is 1. The summed E-state index contributed by atoms with van der Waals surface area (Å²) in [6.07, 6.45) is 8.55. The first-order valence-corrected chi connectivity index (χ1v) is 7.82. The molecule has 0 atom stereocenters. The van der Waals surface area contributed by atoms with Crippen LogP contribution in [-0.4, -0.2) is 20.1 Å². The molecule has 124 valence electrons. The molecule has 1 amide bonds. The van der Waals surface area contributed by atoms with E-state index in [1.807, 2.05) is 0 Å². The third-order valence-electron chi connectivity index (χ3n) is 3.05. The van der Waals surface area contributed by atoms with Crippen LogP contribution >= 0.6 is 0 Å². The average Bonchev–Trinajstić information content (AvgIpc) is 2.54. The van der Waals surface area contributed by atoms with E-state index in [-0.39, 0.29) is 17.5 Å². The molecule has 1 aromatic carbocycles. The van der Waals surface area contributed by atoms with Gasteiger partial charge in [-0.3, -0.25) is 4.79 Å². The zero-order valence-electron chi connectivity index (χ0n) is 14.1. The molecule has 0 saturated carbocycles.